The molecule has 2 aliphatic rings. The van der Waals surface area contributed by atoms with E-state index in [1.807, 2.05) is 9.80 Å². The van der Waals surface area contributed by atoms with Crippen LogP contribution in [0, 0.1) is 17.7 Å². The van der Waals surface area contributed by atoms with E-state index < -0.39 is 0 Å². The highest BCUT2D eigenvalue weighted by Gasteiger charge is 2.35. The van der Waals surface area contributed by atoms with Gasteiger partial charge in [-0.1, -0.05) is 6.42 Å². The van der Waals surface area contributed by atoms with Crippen LogP contribution >= 0.6 is 0 Å². The normalized spacial score (nSPS) is 23.8. The van der Waals surface area contributed by atoms with Crippen molar-refractivity contribution in [2.45, 2.75) is 26.2 Å². The van der Waals surface area contributed by atoms with Gasteiger partial charge >= 0.3 is 0 Å². The highest BCUT2D eigenvalue weighted by Crippen LogP contribution is 2.33. The summed E-state index contributed by atoms with van der Waals surface area (Å²) in [5, 5.41) is 0. The number of Topliss-reactive ketones (excluding diaryl/α,β-unsaturated/α-hetero) is 1. The molecular formula is C19H26FN3O2. The number of amides is 1. The summed E-state index contributed by atoms with van der Waals surface area (Å²) in [4.78, 5) is 27.9. The molecule has 0 radical (unpaired) electrons. The number of halogens is 1. The quantitative estimate of drug-likeness (QED) is 0.847. The molecule has 0 unspecified atom stereocenters. The van der Waals surface area contributed by atoms with Crippen molar-refractivity contribution in [3.05, 3.63) is 29.6 Å². The lowest BCUT2D eigenvalue weighted by molar-refractivity contribution is -0.136. The standard InChI is InChI=1S/C19H26FN3O2/c1-13(24)14-5-6-18(17(20)11-14)22-7-9-23(10-8-22)19(25)16-4-2-3-15(16)12-21/h5-6,11,15-16H,2-4,7-10,12,21H2,1H3/t15-,16-/m1/s1. The minimum atomic E-state index is -0.383. The van der Waals surface area contributed by atoms with Gasteiger partial charge in [-0.25, -0.2) is 4.39 Å². The number of piperazine rings is 1. The van der Waals surface area contributed by atoms with Gasteiger partial charge in [0.25, 0.3) is 0 Å². The highest BCUT2D eigenvalue weighted by molar-refractivity contribution is 5.94. The van der Waals surface area contributed by atoms with Crippen LogP contribution in [0.4, 0.5) is 10.1 Å². The van der Waals surface area contributed by atoms with E-state index in [2.05, 4.69) is 0 Å². The Bertz CT molecular complexity index is 656. The number of nitrogens with zero attached hydrogens (tertiary/aromatic N) is 2. The summed E-state index contributed by atoms with van der Waals surface area (Å²) in [7, 11) is 0. The van der Waals surface area contributed by atoms with Crippen LogP contribution in [0.3, 0.4) is 0 Å². The van der Waals surface area contributed by atoms with Gasteiger partial charge in [0, 0.05) is 37.7 Å². The average molecular weight is 347 g/mol. The summed E-state index contributed by atoms with van der Waals surface area (Å²) < 4.78 is 14.3. The summed E-state index contributed by atoms with van der Waals surface area (Å²) >= 11 is 0. The van der Waals surface area contributed by atoms with E-state index in [0.29, 0.717) is 49.9 Å². The molecule has 2 atom stereocenters. The Morgan fingerprint density at radius 2 is 1.92 bits per heavy atom. The maximum atomic E-state index is 14.3. The molecule has 1 aliphatic carbocycles. The minimum absolute atomic E-state index is 0.0585. The Morgan fingerprint density at radius 3 is 2.52 bits per heavy atom. The zero-order valence-corrected chi connectivity index (χ0v) is 14.7. The van der Waals surface area contributed by atoms with E-state index in [-0.39, 0.29) is 23.4 Å². The van der Waals surface area contributed by atoms with E-state index in [9.17, 15) is 14.0 Å². The van der Waals surface area contributed by atoms with Gasteiger partial charge in [0.1, 0.15) is 5.82 Å². The van der Waals surface area contributed by atoms with E-state index >= 15 is 0 Å². The van der Waals surface area contributed by atoms with Crippen molar-refractivity contribution in [2.24, 2.45) is 17.6 Å². The van der Waals surface area contributed by atoms with Crippen LogP contribution in [-0.2, 0) is 4.79 Å². The zero-order valence-electron chi connectivity index (χ0n) is 14.7. The summed E-state index contributed by atoms with van der Waals surface area (Å²) in [6, 6.07) is 4.60. The first-order valence-electron chi connectivity index (χ1n) is 9.05. The molecule has 1 amide bonds. The molecule has 1 saturated carbocycles. The Hall–Kier alpha value is -1.95. The third-order valence-corrected chi connectivity index (χ3v) is 5.57. The first-order chi connectivity index (χ1) is 12.0. The van der Waals surface area contributed by atoms with Crippen molar-refractivity contribution >= 4 is 17.4 Å². The van der Waals surface area contributed by atoms with E-state index in [4.69, 9.17) is 5.73 Å². The minimum Gasteiger partial charge on any atom is -0.366 e. The molecule has 0 aromatic heterocycles. The van der Waals surface area contributed by atoms with Crippen molar-refractivity contribution in [1.82, 2.24) is 4.90 Å². The lowest BCUT2D eigenvalue weighted by Gasteiger charge is -2.38. The van der Waals surface area contributed by atoms with E-state index in [1.54, 1.807) is 12.1 Å². The van der Waals surface area contributed by atoms with Crippen molar-refractivity contribution in [1.29, 1.82) is 0 Å². The second kappa shape index (κ2) is 7.52. The van der Waals surface area contributed by atoms with Crippen molar-refractivity contribution in [3.8, 4) is 0 Å². The molecule has 1 heterocycles. The molecule has 25 heavy (non-hydrogen) atoms. The molecule has 3 rings (SSSR count). The van der Waals surface area contributed by atoms with Gasteiger partial charge < -0.3 is 15.5 Å². The van der Waals surface area contributed by atoms with Gasteiger partial charge in [0.05, 0.1) is 5.69 Å². The molecule has 6 heteroatoms. The number of nitrogens with two attached hydrogens (primary N) is 1. The number of rotatable bonds is 4. The number of hydrogen-bond acceptors (Lipinski definition) is 4. The first kappa shape index (κ1) is 17.9. The Morgan fingerprint density at radius 1 is 1.20 bits per heavy atom. The van der Waals surface area contributed by atoms with Crippen LogP contribution in [0.5, 0.6) is 0 Å². The van der Waals surface area contributed by atoms with Crippen LogP contribution in [-0.4, -0.2) is 49.3 Å². The Labute approximate surface area is 148 Å². The zero-order chi connectivity index (χ0) is 18.0. The molecule has 1 aromatic rings. The predicted octanol–water partition coefficient (Wildman–Crippen LogP) is 2.05. The SMILES string of the molecule is CC(=O)c1ccc(N2CCN(C(=O)[C@@H]3CCC[C@@H]3CN)CC2)c(F)c1. The summed E-state index contributed by atoms with van der Waals surface area (Å²) in [5.41, 5.74) is 6.67. The third-order valence-electron chi connectivity index (χ3n) is 5.57. The van der Waals surface area contributed by atoms with Crippen LogP contribution in [0.1, 0.15) is 36.5 Å². The lowest BCUT2D eigenvalue weighted by Crippen LogP contribution is -2.51. The Kier molecular flexibility index (Phi) is 5.37. The number of benzene rings is 1. The monoisotopic (exact) mass is 347 g/mol. The fraction of sp³-hybridized carbons (Fsp3) is 0.579. The number of anilines is 1. The molecule has 136 valence electrons. The van der Waals surface area contributed by atoms with Crippen LogP contribution in [0.2, 0.25) is 0 Å². The number of ketones is 1. The van der Waals surface area contributed by atoms with E-state index in [1.165, 1.54) is 13.0 Å². The fourth-order valence-electron chi connectivity index (χ4n) is 4.03. The molecular weight excluding hydrogens is 321 g/mol. The van der Waals surface area contributed by atoms with Gasteiger partial charge in [-0.2, -0.15) is 0 Å². The van der Waals surface area contributed by atoms with Crippen LogP contribution in [0.15, 0.2) is 18.2 Å². The third kappa shape index (κ3) is 3.68. The molecule has 1 saturated heterocycles. The number of carbonyl (C=O) groups is 2. The lowest BCUT2D eigenvalue weighted by atomic mass is 9.94. The molecule has 1 aromatic carbocycles. The topological polar surface area (TPSA) is 66.6 Å². The summed E-state index contributed by atoms with van der Waals surface area (Å²) in [6.45, 7) is 4.39. The first-order valence-corrected chi connectivity index (χ1v) is 9.05. The van der Waals surface area contributed by atoms with Crippen molar-refractivity contribution in [3.63, 3.8) is 0 Å². The average Bonchev–Trinajstić information content (AvgIpc) is 3.10. The van der Waals surface area contributed by atoms with Crippen LogP contribution in [0.25, 0.3) is 0 Å². The second-order valence-electron chi connectivity index (χ2n) is 7.07. The molecule has 0 bridgehead atoms. The van der Waals surface area contributed by atoms with E-state index in [0.717, 1.165) is 19.3 Å². The molecule has 1 aliphatic heterocycles. The predicted molar refractivity (Wildman–Crippen MR) is 95.1 cm³/mol. The largest absolute Gasteiger partial charge is 0.366 e. The fourth-order valence-corrected chi connectivity index (χ4v) is 4.03. The smallest absolute Gasteiger partial charge is 0.226 e. The number of hydrogen-bond donors (Lipinski definition) is 1. The summed E-state index contributed by atoms with van der Waals surface area (Å²) in [6.07, 6.45) is 3.05. The highest BCUT2D eigenvalue weighted by atomic mass is 19.1. The molecule has 5 nitrogen and oxygen atoms in total. The van der Waals surface area contributed by atoms with Crippen LogP contribution < -0.4 is 10.6 Å². The van der Waals surface area contributed by atoms with Gasteiger partial charge in [-0.05, 0) is 50.4 Å². The van der Waals surface area contributed by atoms with Crippen molar-refractivity contribution in [2.75, 3.05) is 37.6 Å². The second-order valence-corrected chi connectivity index (χ2v) is 7.07. The van der Waals surface area contributed by atoms with Gasteiger partial charge in [0.2, 0.25) is 5.91 Å². The molecule has 2 N–H and O–H groups in total. The van der Waals surface area contributed by atoms with Crippen molar-refractivity contribution < 1.29 is 14.0 Å². The number of carbonyl (C=O) groups excluding carboxylic acids is 2. The molecule has 2 fully saturated rings. The molecule has 0 spiro atoms. The van der Waals surface area contributed by atoms with Gasteiger partial charge in [0.15, 0.2) is 5.78 Å². The van der Waals surface area contributed by atoms with Gasteiger partial charge in [-0.3, -0.25) is 9.59 Å². The maximum absolute atomic E-state index is 14.3. The maximum Gasteiger partial charge on any atom is 0.226 e. The van der Waals surface area contributed by atoms with Gasteiger partial charge in [-0.15, -0.1) is 0 Å². The summed E-state index contributed by atoms with van der Waals surface area (Å²) in [5.74, 6) is 0.0450. The Balaban J connectivity index is 1.62.